The monoisotopic (exact) mass is 367 g/mol. The number of aromatic amines is 1. The molecule has 5 nitrogen and oxygen atoms in total. The Kier molecular flexibility index (Phi) is 5.13. The van der Waals surface area contributed by atoms with Crippen molar-refractivity contribution in [2.24, 2.45) is 0 Å². The predicted octanol–water partition coefficient (Wildman–Crippen LogP) is 4.34. The third-order valence-corrected chi connectivity index (χ3v) is 5.31. The summed E-state index contributed by atoms with van der Waals surface area (Å²) in [5, 5.41) is 0.784. The summed E-state index contributed by atoms with van der Waals surface area (Å²) >= 11 is 1.40. The Morgan fingerprint density at radius 2 is 2.04 bits per heavy atom. The Labute approximate surface area is 156 Å². The minimum Gasteiger partial charge on any atom is -0.355 e. The van der Waals surface area contributed by atoms with Gasteiger partial charge in [0.2, 0.25) is 0 Å². The fraction of sp³-hybridized carbons (Fsp3) is 0.250. The van der Waals surface area contributed by atoms with Gasteiger partial charge < -0.3 is 9.55 Å². The van der Waals surface area contributed by atoms with Crippen molar-refractivity contribution in [1.82, 2.24) is 14.5 Å². The summed E-state index contributed by atoms with van der Waals surface area (Å²) in [6.45, 7) is 9.58. The van der Waals surface area contributed by atoms with Gasteiger partial charge >= 0.3 is 0 Å². The minimum absolute atomic E-state index is 0.0317. The summed E-state index contributed by atoms with van der Waals surface area (Å²) in [6.07, 6.45) is 1.82. The number of para-hydroxylation sites is 2. The predicted molar refractivity (Wildman–Crippen MR) is 105 cm³/mol. The summed E-state index contributed by atoms with van der Waals surface area (Å²) in [7, 11) is 0. The number of benzene rings is 1. The van der Waals surface area contributed by atoms with Gasteiger partial charge in [0.25, 0.3) is 0 Å². The second-order valence-electron chi connectivity index (χ2n) is 6.18. The largest absolute Gasteiger partial charge is 0.355 e. The second kappa shape index (κ2) is 7.33. The molecular weight excluding hydrogens is 346 g/mol. The second-order valence-corrected chi connectivity index (χ2v) is 7.12. The average Bonchev–Trinajstić information content (AvgIpc) is 3.10. The van der Waals surface area contributed by atoms with E-state index in [1.54, 1.807) is 0 Å². The van der Waals surface area contributed by atoms with Crippen molar-refractivity contribution in [2.45, 2.75) is 32.5 Å². The fourth-order valence-corrected chi connectivity index (χ4v) is 4.12. The van der Waals surface area contributed by atoms with Gasteiger partial charge in [-0.15, -0.1) is 6.58 Å². The number of ketones is 2. The molecule has 1 N–H and O–H groups in total. The lowest BCUT2D eigenvalue weighted by molar-refractivity contribution is 0.101. The van der Waals surface area contributed by atoms with Crippen molar-refractivity contribution < 1.29 is 9.59 Å². The molecule has 0 saturated heterocycles. The van der Waals surface area contributed by atoms with E-state index in [9.17, 15) is 9.59 Å². The number of aromatic nitrogens is 3. The van der Waals surface area contributed by atoms with E-state index >= 15 is 0 Å². The van der Waals surface area contributed by atoms with Crippen LogP contribution >= 0.6 is 11.8 Å². The quantitative estimate of drug-likeness (QED) is 0.383. The van der Waals surface area contributed by atoms with Gasteiger partial charge in [0.1, 0.15) is 0 Å². The number of carbonyl (C=O) groups is 2. The molecule has 0 fully saturated rings. The minimum atomic E-state index is -0.0414. The molecule has 0 bridgehead atoms. The highest BCUT2D eigenvalue weighted by molar-refractivity contribution is 7.99. The van der Waals surface area contributed by atoms with Crippen LogP contribution in [0.15, 0.2) is 42.1 Å². The van der Waals surface area contributed by atoms with Crippen LogP contribution in [0.25, 0.3) is 11.0 Å². The zero-order chi connectivity index (χ0) is 18.8. The lowest BCUT2D eigenvalue weighted by Gasteiger charge is -2.05. The molecule has 0 radical (unpaired) electrons. The van der Waals surface area contributed by atoms with E-state index in [2.05, 4.69) is 16.5 Å². The van der Waals surface area contributed by atoms with Gasteiger partial charge in [-0.3, -0.25) is 9.59 Å². The van der Waals surface area contributed by atoms with Crippen molar-refractivity contribution in [3.63, 3.8) is 0 Å². The highest BCUT2D eigenvalue weighted by atomic mass is 32.2. The lowest BCUT2D eigenvalue weighted by atomic mass is 10.1. The van der Waals surface area contributed by atoms with E-state index in [1.165, 1.54) is 18.7 Å². The van der Waals surface area contributed by atoms with Crippen molar-refractivity contribution in [3.05, 3.63) is 59.4 Å². The fourth-order valence-electron chi connectivity index (χ4n) is 3.23. The number of hydrogen-bond donors (Lipinski definition) is 1. The van der Waals surface area contributed by atoms with Crippen molar-refractivity contribution >= 4 is 34.4 Å². The number of nitrogens with zero attached hydrogens (tertiary/aromatic N) is 2. The number of H-pyrrole nitrogens is 1. The highest BCUT2D eigenvalue weighted by Crippen LogP contribution is 2.26. The Hall–Kier alpha value is -2.60. The lowest BCUT2D eigenvalue weighted by Crippen LogP contribution is -2.07. The molecule has 0 amide bonds. The van der Waals surface area contributed by atoms with Crippen molar-refractivity contribution in [1.29, 1.82) is 0 Å². The van der Waals surface area contributed by atoms with Crippen LogP contribution in [0.2, 0.25) is 0 Å². The molecule has 2 aromatic heterocycles. The van der Waals surface area contributed by atoms with E-state index in [0.29, 0.717) is 17.8 Å². The summed E-state index contributed by atoms with van der Waals surface area (Å²) < 4.78 is 2.05. The zero-order valence-corrected chi connectivity index (χ0v) is 15.9. The van der Waals surface area contributed by atoms with Crippen LogP contribution in [0.5, 0.6) is 0 Å². The SMILES string of the molecule is C=CCn1c(SCC(=O)c2[nH]c(C)c(C(C)=O)c2C)nc2ccccc21. The number of thioether (sulfide) groups is 1. The van der Waals surface area contributed by atoms with Crippen LogP contribution in [0.4, 0.5) is 0 Å². The summed E-state index contributed by atoms with van der Waals surface area (Å²) in [5.41, 5.74) is 4.49. The maximum Gasteiger partial charge on any atom is 0.189 e. The van der Waals surface area contributed by atoms with Crippen LogP contribution in [-0.2, 0) is 6.54 Å². The molecule has 0 aliphatic rings. The van der Waals surface area contributed by atoms with Gasteiger partial charge in [-0.1, -0.05) is 30.0 Å². The number of nitrogens with one attached hydrogen (secondary N) is 1. The van der Waals surface area contributed by atoms with Crippen LogP contribution in [0, 0.1) is 13.8 Å². The molecule has 1 aromatic carbocycles. The van der Waals surface area contributed by atoms with Crippen LogP contribution in [0.3, 0.4) is 0 Å². The molecule has 2 heterocycles. The number of allylic oxidation sites excluding steroid dienone is 1. The number of carbonyl (C=O) groups excluding carboxylic acids is 2. The van der Waals surface area contributed by atoms with Gasteiger partial charge in [0, 0.05) is 17.8 Å². The first-order chi connectivity index (χ1) is 12.4. The Morgan fingerprint density at radius 3 is 2.69 bits per heavy atom. The number of Topliss-reactive ketones (excluding diaryl/α,β-unsaturated/α-hetero) is 2. The number of fused-ring (bicyclic) bond motifs is 1. The topological polar surface area (TPSA) is 67.8 Å². The smallest absolute Gasteiger partial charge is 0.189 e. The van der Waals surface area contributed by atoms with Gasteiger partial charge in [-0.2, -0.15) is 0 Å². The van der Waals surface area contributed by atoms with E-state index in [-0.39, 0.29) is 17.3 Å². The molecule has 0 atom stereocenters. The molecule has 26 heavy (non-hydrogen) atoms. The molecule has 0 aliphatic heterocycles. The molecule has 0 saturated carbocycles. The van der Waals surface area contributed by atoms with E-state index in [1.807, 2.05) is 48.8 Å². The van der Waals surface area contributed by atoms with Crippen molar-refractivity contribution in [3.8, 4) is 0 Å². The van der Waals surface area contributed by atoms with E-state index in [4.69, 9.17) is 0 Å². The van der Waals surface area contributed by atoms with Crippen LogP contribution in [0.1, 0.15) is 39.0 Å². The third-order valence-electron chi connectivity index (χ3n) is 4.33. The normalized spacial score (nSPS) is 11.0. The van der Waals surface area contributed by atoms with Gasteiger partial charge in [0.15, 0.2) is 16.7 Å². The van der Waals surface area contributed by atoms with Crippen molar-refractivity contribution in [2.75, 3.05) is 5.75 Å². The molecule has 0 unspecified atom stereocenters. The van der Waals surface area contributed by atoms with Crippen LogP contribution in [-0.4, -0.2) is 31.9 Å². The van der Waals surface area contributed by atoms with Gasteiger partial charge in [0.05, 0.1) is 22.5 Å². The summed E-state index contributed by atoms with van der Waals surface area (Å²) in [6, 6.07) is 7.88. The molecule has 134 valence electrons. The Morgan fingerprint density at radius 1 is 1.31 bits per heavy atom. The number of aryl methyl sites for hydroxylation is 1. The molecular formula is C20H21N3O2S. The third kappa shape index (κ3) is 3.24. The van der Waals surface area contributed by atoms with Crippen LogP contribution < -0.4 is 0 Å². The van der Waals surface area contributed by atoms with E-state index in [0.717, 1.165) is 27.4 Å². The Bertz CT molecular complexity index is 1010. The Balaban J connectivity index is 1.85. The number of rotatable bonds is 7. The van der Waals surface area contributed by atoms with Gasteiger partial charge in [-0.25, -0.2) is 4.98 Å². The van der Waals surface area contributed by atoms with E-state index < -0.39 is 0 Å². The highest BCUT2D eigenvalue weighted by Gasteiger charge is 2.20. The number of imidazole rings is 1. The first-order valence-corrected chi connectivity index (χ1v) is 9.34. The summed E-state index contributed by atoms with van der Waals surface area (Å²) in [4.78, 5) is 32.2. The molecule has 3 aromatic rings. The molecule has 0 aliphatic carbocycles. The molecule has 6 heteroatoms. The summed E-state index contributed by atoms with van der Waals surface area (Å²) in [5.74, 6) is 0.176. The first kappa shape index (κ1) is 18.2. The zero-order valence-electron chi connectivity index (χ0n) is 15.1. The first-order valence-electron chi connectivity index (χ1n) is 8.36. The molecule has 0 spiro atoms. The van der Waals surface area contributed by atoms with Gasteiger partial charge in [-0.05, 0) is 38.5 Å². The maximum atomic E-state index is 12.7. The number of hydrogen-bond acceptors (Lipinski definition) is 4. The molecule has 3 rings (SSSR count). The average molecular weight is 367 g/mol. The maximum absolute atomic E-state index is 12.7. The standard InChI is InChI=1S/C20H21N3O2S/c1-5-10-23-16-9-7-6-8-15(16)22-20(23)26-11-17(25)19-12(2)18(14(4)24)13(3)21-19/h5-9,21H,1,10-11H2,2-4H3.